The Bertz CT molecular complexity index is 1730. The van der Waals surface area contributed by atoms with Crippen molar-refractivity contribution >= 4 is 27.4 Å². The van der Waals surface area contributed by atoms with Gasteiger partial charge in [0.25, 0.3) is 0 Å². The highest BCUT2D eigenvalue weighted by Gasteiger charge is 2.12. The van der Waals surface area contributed by atoms with Crippen LogP contribution in [0.3, 0.4) is 0 Å². The molecule has 1 nitrogen and oxygen atoms in total. The van der Waals surface area contributed by atoms with Gasteiger partial charge in [0.2, 0.25) is 0 Å². The standard InChI is InChI=1S/C37H31N.C2H6/c1-3-5-13-27(4-2)30-24-31(28-14-7-6-8-15-28)26-32(25-30)29-20-22-33(23-21-29)38-36-18-11-9-16-34(36)35-17-10-12-19-37(35)38;1-2/h4-26H,3H2,1-2H3;1-2H3/b13-5-,27-4+;. The van der Waals surface area contributed by atoms with Crippen molar-refractivity contribution in [1.82, 2.24) is 4.57 Å². The first kappa shape index (κ1) is 27.0. The van der Waals surface area contributed by atoms with Gasteiger partial charge < -0.3 is 4.57 Å². The SMILES string of the molecule is C/C=C(\C=C/CC)c1cc(-c2ccccc2)cc(-c2ccc(-n3c4ccccc4c4ccccc43)cc2)c1.CC. The van der Waals surface area contributed by atoms with Gasteiger partial charge >= 0.3 is 0 Å². The van der Waals surface area contributed by atoms with Gasteiger partial charge in [0.15, 0.2) is 0 Å². The molecule has 0 aliphatic carbocycles. The first-order valence-electron chi connectivity index (χ1n) is 14.4. The summed E-state index contributed by atoms with van der Waals surface area (Å²) in [6.07, 6.45) is 7.68. The molecule has 0 radical (unpaired) electrons. The van der Waals surface area contributed by atoms with Crippen molar-refractivity contribution in [3.05, 3.63) is 145 Å². The summed E-state index contributed by atoms with van der Waals surface area (Å²) in [5.41, 5.74) is 11.0. The van der Waals surface area contributed by atoms with Gasteiger partial charge in [-0.05, 0) is 89.2 Å². The third-order valence-electron chi connectivity index (χ3n) is 7.26. The van der Waals surface area contributed by atoms with E-state index in [9.17, 15) is 0 Å². The predicted molar refractivity (Wildman–Crippen MR) is 176 cm³/mol. The van der Waals surface area contributed by atoms with Gasteiger partial charge in [0.1, 0.15) is 0 Å². The van der Waals surface area contributed by atoms with Gasteiger partial charge in [-0.1, -0.05) is 118 Å². The number of rotatable bonds is 6. The number of allylic oxidation sites excluding steroid dienone is 4. The lowest BCUT2D eigenvalue weighted by Gasteiger charge is -2.13. The molecule has 0 bridgehead atoms. The van der Waals surface area contributed by atoms with E-state index in [0.29, 0.717) is 0 Å². The fourth-order valence-electron chi connectivity index (χ4n) is 5.37. The Morgan fingerprint density at radius 1 is 0.600 bits per heavy atom. The summed E-state index contributed by atoms with van der Waals surface area (Å²) < 4.78 is 2.37. The summed E-state index contributed by atoms with van der Waals surface area (Å²) in [6.45, 7) is 8.29. The van der Waals surface area contributed by atoms with Crippen LogP contribution in [0, 0.1) is 0 Å². The fourth-order valence-corrected chi connectivity index (χ4v) is 5.37. The van der Waals surface area contributed by atoms with Gasteiger partial charge in [0.05, 0.1) is 11.0 Å². The smallest absolute Gasteiger partial charge is 0.0541 e. The summed E-state index contributed by atoms with van der Waals surface area (Å²) in [5.74, 6) is 0. The molecular formula is C39H37N. The van der Waals surface area contributed by atoms with Crippen LogP contribution in [-0.4, -0.2) is 4.57 Å². The molecule has 0 atom stereocenters. The average Bonchev–Trinajstić information content (AvgIpc) is 3.37. The number of hydrogen-bond donors (Lipinski definition) is 0. The molecule has 6 aromatic rings. The van der Waals surface area contributed by atoms with Gasteiger partial charge in [-0.15, -0.1) is 0 Å². The zero-order valence-corrected chi connectivity index (χ0v) is 23.9. The van der Waals surface area contributed by atoms with Crippen molar-refractivity contribution in [2.75, 3.05) is 0 Å². The summed E-state index contributed by atoms with van der Waals surface area (Å²) in [5, 5.41) is 2.57. The summed E-state index contributed by atoms with van der Waals surface area (Å²) >= 11 is 0. The van der Waals surface area contributed by atoms with Crippen LogP contribution in [0.4, 0.5) is 0 Å². The molecule has 0 N–H and O–H groups in total. The Morgan fingerprint density at radius 3 is 1.68 bits per heavy atom. The first-order chi connectivity index (χ1) is 19.8. The third kappa shape index (κ3) is 5.28. The maximum absolute atomic E-state index is 2.37. The van der Waals surface area contributed by atoms with Crippen molar-refractivity contribution in [2.24, 2.45) is 0 Å². The summed E-state index contributed by atoms with van der Waals surface area (Å²) in [4.78, 5) is 0. The molecule has 0 saturated carbocycles. The van der Waals surface area contributed by atoms with Crippen LogP contribution in [-0.2, 0) is 0 Å². The molecular weight excluding hydrogens is 482 g/mol. The molecule has 198 valence electrons. The summed E-state index contributed by atoms with van der Waals surface area (Å²) in [6, 6.07) is 43.9. The zero-order valence-electron chi connectivity index (χ0n) is 23.9. The van der Waals surface area contributed by atoms with E-state index in [1.807, 2.05) is 13.8 Å². The van der Waals surface area contributed by atoms with Crippen molar-refractivity contribution in [3.8, 4) is 27.9 Å². The zero-order chi connectivity index (χ0) is 27.9. The van der Waals surface area contributed by atoms with Crippen LogP contribution in [0.5, 0.6) is 0 Å². The Kier molecular flexibility index (Phi) is 8.42. The normalized spacial score (nSPS) is 11.7. The Hall–Kier alpha value is -4.62. The molecule has 0 aliphatic rings. The van der Waals surface area contributed by atoms with Crippen LogP contribution in [0.25, 0.3) is 55.3 Å². The minimum absolute atomic E-state index is 1.02. The molecule has 6 rings (SSSR count). The highest BCUT2D eigenvalue weighted by Crippen LogP contribution is 2.34. The van der Waals surface area contributed by atoms with E-state index in [1.54, 1.807) is 0 Å². The second kappa shape index (κ2) is 12.5. The number of aromatic nitrogens is 1. The second-order valence-electron chi connectivity index (χ2n) is 9.64. The maximum atomic E-state index is 2.37. The molecule has 0 saturated heterocycles. The van der Waals surface area contributed by atoms with Crippen molar-refractivity contribution in [3.63, 3.8) is 0 Å². The second-order valence-corrected chi connectivity index (χ2v) is 9.64. The number of hydrogen-bond acceptors (Lipinski definition) is 0. The monoisotopic (exact) mass is 519 g/mol. The quantitative estimate of drug-likeness (QED) is 0.193. The Balaban J connectivity index is 0.00000158. The maximum Gasteiger partial charge on any atom is 0.0541 e. The average molecular weight is 520 g/mol. The lowest BCUT2D eigenvalue weighted by atomic mass is 9.93. The van der Waals surface area contributed by atoms with E-state index in [2.05, 4.69) is 158 Å². The number of nitrogens with zero attached hydrogens (tertiary/aromatic N) is 1. The number of benzene rings is 5. The molecule has 0 unspecified atom stereocenters. The van der Waals surface area contributed by atoms with Crippen LogP contribution < -0.4 is 0 Å². The van der Waals surface area contributed by atoms with Crippen LogP contribution in [0.1, 0.15) is 39.7 Å². The van der Waals surface area contributed by atoms with Gasteiger partial charge in [-0.25, -0.2) is 0 Å². The predicted octanol–water partition coefficient (Wildman–Crippen LogP) is 11.5. The molecule has 40 heavy (non-hydrogen) atoms. The van der Waals surface area contributed by atoms with E-state index in [-0.39, 0.29) is 0 Å². The van der Waals surface area contributed by atoms with E-state index in [1.165, 1.54) is 60.9 Å². The van der Waals surface area contributed by atoms with E-state index in [0.717, 1.165) is 6.42 Å². The van der Waals surface area contributed by atoms with Crippen LogP contribution in [0.2, 0.25) is 0 Å². The highest BCUT2D eigenvalue weighted by atomic mass is 15.0. The van der Waals surface area contributed by atoms with Crippen LogP contribution in [0.15, 0.2) is 140 Å². The number of fused-ring (bicyclic) bond motifs is 3. The minimum atomic E-state index is 1.02. The molecule has 0 spiro atoms. The molecule has 1 heteroatoms. The van der Waals surface area contributed by atoms with Crippen molar-refractivity contribution in [2.45, 2.75) is 34.1 Å². The summed E-state index contributed by atoms with van der Waals surface area (Å²) in [7, 11) is 0. The highest BCUT2D eigenvalue weighted by molar-refractivity contribution is 6.09. The molecule has 1 aromatic heterocycles. The molecule has 5 aromatic carbocycles. The van der Waals surface area contributed by atoms with Crippen molar-refractivity contribution in [1.29, 1.82) is 0 Å². The van der Waals surface area contributed by atoms with Crippen LogP contribution >= 0.6 is 0 Å². The van der Waals surface area contributed by atoms with Gasteiger partial charge in [0, 0.05) is 16.5 Å². The van der Waals surface area contributed by atoms with Gasteiger partial charge in [-0.2, -0.15) is 0 Å². The third-order valence-corrected chi connectivity index (χ3v) is 7.26. The first-order valence-corrected chi connectivity index (χ1v) is 14.4. The lowest BCUT2D eigenvalue weighted by molar-refractivity contribution is 1.18. The van der Waals surface area contributed by atoms with Crippen molar-refractivity contribution < 1.29 is 0 Å². The molecule has 0 amide bonds. The minimum Gasteiger partial charge on any atom is -0.309 e. The number of para-hydroxylation sites is 2. The largest absolute Gasteiger partial charge is 0.309 e. The van der Waals surface area contributed by atoms with Gasteiger partial charge in [-0.3, -0.25) is 0 Å². The van der Waals surface area contributed by atoms with E-state index in [4.69, 9.17) is 0 Å². The molecule has 0 aliphatic heterocycles. The topological polar surface area (TPSA) is 4.93 Å². The fraction of sp³-hybridized carbons (Fsp3) is 0.128. The Morgan fingerprint density at radius 2 is 1.12 bits per heavy atom. The molecule has 0 fully saturated rings. The Labute approximate surface area is 238 Å². The van der Waals surface area contributed by atoms with E-state index >= 15 is 0 Å². The lowest BCUT2D eigenvalue weighted by Crippen LogP contribution is -1.94. The molecule has 1 heterocycles. The van der Waals surface area contributed by atoms with E-state index < -0.39 is 0 Å².